The van der Waals surface area contributed by atoms with Gasteiger partial charge in [-0.05, 0) is 30.3 Å². The van der Waals surface area contributed by atoms with E-state index in [0.29, 0.717) is 22.5 Å². The van der Waals surface area contributed by atoms with Crippen molar-refractivity contribution in [1.82, 2.24) is 0 Å². The predicted octanol–water partition coefficient (Wildman–Crippen LogP) is 4.44. The molecular weight excluding hydrogens is 406 g/mol. The van der Waals surface area contributed by atoms with E-state index < -0.39 is 16.5 Å². The van der Waals surface area contributed by atoms with Crippen LogP contribution in [0.1, 0.15) is 11.1 Å². The Bertz CT molecular complexity index is 1190. The number of carbonyl (C=O) groups is 2. The maximum atomic E-state index is 14.3. The van der Waals surface area contributed by atoms with Crippen molar-refractivity contribution < 1.29 is 18.4 Å². The van der Waals surface area contributed by atoms with Crippen molar-refractivity contribution in [2.75, 3.05) is 15.6 Å². The zero-order chi connectivity index (χ0) is 20.9. The molecule has 0 N–H and O–H groups in total. The third-order valence-electron chi connectivity index (χ3n) is 5.42. The quantitative estimate of drug-likeness (QED) is 0.627. The molecular formula is C23H16F2N2O2S. The van der Waals surface area contributed by atoms with Crippen LogP contribution < -0.4 is 9.80 Å². The number of nitrogens with zero attached hydrogens (tertiary/aromatic N) is 2. The fraction of sp³-hybridized carbons (Fsp3) is 0.130. The SMILES string of the molecule is O=C1CS[C@]2(C(=O)N(Cc3ccccc3F)c3ccccc32)N1c1cccc(F)c1. The molecule has 3 aromatic rings. The Morgan fingerprint density at radius 3 is 2.50 bits per heavy atom. The molecule has 0 aliphatic carbocycles. The summed E-state index contributed by atoms with van der Waals surface area (Å²) in [5.41, 5.74) is 1.96. The van der Waals surface area contributed by atoms with Gasteiger partial charge >= 0.3 is 0 Å². The third-order valence-corrected chi connectivity index (χ3v) is 6.80. The molecule has 1 fully saturated rings. The van der Waals surface area contributed by atoms with Gasteiger partial charge in [-0.3, -0.25) is 14.5 Å². The number of benzene rings is 3. The number of amides is 2. The number of carbonyl (C=O) groups excluding carboxylic acids is 2. The summed E-state index contributed by atoms with van der Waals surface area (Å²) in [6, 6.07) is 19.1. The van der Waals surface area contributed by atoms with Crippen LogP contribution in [0.3, 0.4) is 0 Å². The summed E-state index contributed by atoms with van der Waals surface area (Å²) in [6.45, 7) is 0.0377. The Morgan fingerprint density at radius 2 is 1.70 bits per heavy atom. The monoisotopic (exact) mass is 422 g/mol. The van der Waals surface area contributed by atoms with Crippen molar-refractivity contribution in [2.45, 2.75) is 11.4 Å². The van der Waals surface area contributed by atoms with Gasteiger partial charge in [-0.2, -0.15) is 0 Å². The van der Waals surface area contributed by atoms with Crippen LogP contribution in [0, 0.1) is 11.6 Å². The van der Waals surface area contributed by atoms with Gasteiger partial charge < -0.3 is 4.90 Å². The van der Waals surface area contributed by atoms with E-state index in [2.05, 4.69) is 0 Å². The highest BCUT2D eigenvalue weighted by molar-refractivity contribution is 8.02. The van der Waals surface area contributed by atoms with Crippen molar-refractivity contribution in [3.63, 3.8) is 0 Å². The highest BCUT2D eigenvalue weighted by atomic mass is 32.2. The molecule has 2 amide bonds. The first-order chi connectivity index (χ1) is 14.5. The van der Waals surface area contributed by atoms with Crippen molar-refractivity contribution in [2.24, 2.45) is 0 Å². The van der Waals surface area contributed by atoms with Gasteiger partial charge in [0.15, 0.2) is 0 Å². The maximum Gasteiger partial charge on any atom is 0.269 e. The van der Waals surface area contributed by atoms with Crippen LogP contribution in [0.5, 0.6) is 0 Å². The van der Waals surface area contributed by atoms with E-state index in [1.807, 2.05) is 0 Å². The molecule has 0 aromatic heterocycles. The zero-order valence-electron chi connectivity index (χ0n) is 15.7. The van der Waals surface area contributed by atoms with Crippen molar-refractivity contribution in [3.8, 4) is 0 Å². The number of hydrogen-bond donors (Lipinski definition) is 0. The van der Waals surface area contributed by atoms with Gasteiger partial charge in [0, 0.05) is 16.8 Å². The Morgan fingerprint density at radius 1 is 0.933 bits per heavy atom. The lowest BCUT2D eigenvalue weighted by atomic mass is 10.0. The van der Waals surface area contributed by atoms with Crippen LogP contribution in [0.4, 0.5) is 20.2 Å². The van der Waals surface area contributed by atoms with Crippen LogP contribution in [0.15, 0.2) is 72.8 Å². The minimum Gasteiger partial charge on any atom is -0.304 e. The van der Waals surface area contributed by atoms with Gasteiger partial charge in [-0.15, -0.1) is 11.8 Å². The number of rotatable bonds is 3. The van der Waals surface area contributed by atoms with E-state index in [1.54, 1.807) is 48.5 Å². The van der Waals surface area contributed by atoms with Crippen molar-refractivity contribution in [1.29, 1.82) is 0 Å². The molecule has 1 saturated heterocycles. The lowest BCUT2D eigenvalue weighted by molar-refractivity contribution is -0.123. The van der Waals surface area contributed by atoms with E-state index in [9.17, 15) is 18.4 Å². The number of para-hydroxylation sites is 1. The molecule has 2 heterocycles. The molecule has 0 radical (unpaired) electrons. The van der Waals surface area contributed by atoms with E-state index in [0.717, 1.165) is 0 Å². The van der Waals surface area contributed by atoms with Gasteiger partial charge in [0.05, 0.1) is 18.0 Å². The summed E-state index contributed by atoms with van der Waals surface area (Å²) in [6.07, 6.45) is 0. The number of thioether (sulfide) groups is 1. The zero-order valence-corrected chi connectivity index (χ0v) is 16.5. The summed E-state index contributed by atoms with van der Waals surface area (Å²) >= 11 is 1.21. The van der Waals surface area contributed by atoms with Crippen LogP contribution in [-0.4, -0.2) is 17.6 Å². The summed E-state index contributed by atoms with van der Waals surface area (Å²) < 4.78 is 28.3. The first-order valence-electron chi connectivity index (χ1n) is 9.40. The van der Waals surface area contributed by atoms with E-state index in [-0.39, 0.29) is 24.1 Å². The number of fused-ring (bicyclic) bond motifs is 2. The van der Waals surface area contributed by atoms with Crippen LogP contribution in [0.25, 0.3) is 0 Å². The molecule has 4 nitrogen and oxygen atoms in total. The molecule has 30 heavy (non-hydrogen) atoms. The Balaban J connectivity index is 1.66. The molecule has 150 valence electrons. The lowest BCUT2D eigenvalue weighted by Gasteiger charge is -2.33. The van der Waals surface area contributed by atoms with E-state index >= 15 is 0 Å². The standard InChI is InChI=1S/C23H16F2N2O2S/c24-16-7-5-8-17(12-16)27-21(28)14-30-23(27)18-9-2-4-11-20(18)26(22(23)29)13-15-6-1-3-10-19(15)25/h1-12H,13-14H2/t23-/m1/s1. The van der Waals surface area contributed by atoms with Crippen LogP contribution in [-0.2, 0) is 21.0 Å². The molecule has 0 saturated carbocycles. The highest BCUT2D eigenvalue weighted by Gasteiger charge is 2.61. The third kappa shape index (κ3) is 2.65. The van der Waals surface area contributed by atoms with Crippen LogP contribution in [0.2, 0.25) is 0 Å². The molecule has 2 aliphatic rings. The Kier molecular flexibility index (Phi) is 4.36. The smallest absolute Gasteiger partial charge is 0.269 e. The Labute approximate surface area is 176 Å². The second-order valence-corrected chi connectivity index (χ2v) is 8.31. The van der Waals surface area contributed by atoms with Crippen molar-refractivity contribution in [3.05, 3.63) is 95.6 Å². The second kappa shape index (κ2) is 6.95. The molecule has 1 spiro atoms. The molecule has 3 aromatic carbocycles. The maximum absolute atomic E-state index is 14.3. The normalized spacial score (nSPS) is 20.3. The molecule has 0 bridgehead atoms. The Hall–Kier alpha value is -3.19. The summed E-state index contributed by atoms with van der Waals surface area (Å²) in [4.78, 5) is 28.2. The predicted molar refractivity (Wildman–Crippen MR) is 112 cm³/mol. The second-order valence-electron chi connectivity index (χ2n) is 7.14. The first kappa shape index (κ1) is 18.8. The van der Waals surface area contributed by atoms with Gasteiger partial charge in [0.2, 0.25) is 10.8 Å². The van der Waals surface area contributed by atoms with Crippen LogP contribution >= 0.6 is 11.8 Å². The summed E-state index contributed by atoms with van der Waals surface area (Å²) in [5.74, 6) is -1.42. The summed E-state index contributed by atoms with van der Waals surface area (Å²) in [7, 11) is 0. The van der Waals surface area contributed by atoms with Crippen molar-refractivity contribution >= 4 is 35.0 Å². The number of anilines is 2. The summed E-state index contributed by atoms with van der Waals surface area (Å²) in [5, 5.41) is 0. The van der Waals surface area contributed by atoms with Gasteiger partial charge in [-0.1, -0.05) is 42.5 Å². The first-order valence-corrected chi connectivity index (χ1v) is 10.4. The minimum absolute atomic E-state index is 0.0377. The highest BCUT2D eigenvalue weighted by Crippen LogP contribution is 2.55. The van der Waals surface area contributed by atoms with E-state index in [1.165, 1.54) is 45.8 Å². The lowest BCUT2D eigenvalue weighted by Crippen LogP contribution is -2.49. The van der Waals surface area contributed by atoms with Gasteiger partial charge in [-0.25, -0.2) is 8.78 Å². The molecule has 5 rings (SSSR count). The molecule has 1 atom stereocenters. The van der Waals surface area contributed by atoms with Gasteiger partial charge in [0.1, 0.15) is 11.6 Å². The number of hydrogen-bond acceptors (Lipinski definition) is 3. The average molecular weight is 422 g/mol. The molecule has 7 heteroatoms. The minimum atomic E-state index is -1.34. The van der Waals surface area contributed by atoms with Gasteiger partial charge in [0.25, 0.3) is 5.91 Å². The topological polar surface area (TPSA) is 40.6 Å². The number of halogens is 2. The van der Waals surface area contributed by atoms with E-state index in [4.69, 9.17) is 0 Å². The fourth-order valence-corrected chi connectivity index (χ4v) is 5.48. The fourth-order valence-electron chi connectivity index (χ4n) is 4.12. The largest absolute Gasteiger partial charge is 0.304 e. The molecule has 0 unspecified atom stereocenters. The molecule has 2 aliphatic heterocycles. The average Bonchev–Trinajstić information content (AvgIpc) is 3.21.